The highest BCUT2D eigenvalue weighted by Crippen LogP contribution is 2.31. The lowest BCUT2D eigenvalue weighted by Gasteiger charge is -2.24. The van der Waals surface area contributed by atoms with Gasteiger partial charge in [0, 0.05) is 0 Å². The normalized spacial score (nSPS) is 16.7. The first-order valence-electron chi connectivity index (χ1n) is 5.98. The maximum atomic E-state index is 12.0. The van der Waals surface area contributed by atoms with E-state index in [2.05, 4.69) is 0 Å². The molecule has 0 aliphatic carbocycles. The SMILES string of the molecule is O=C(Oc1ccccc1)C1COc2ccccc2O1. The van der Waals surface area contributed by atoms with E-state index in [1.807, 2.05) is 18.2 Å². The van der Waals surface area contributed by atoms with Crippen molar-refractivity contribution >= 4 is 5.97 Å². The second-order valence-electron chi connectivity index (χ2n) is 4.10. The lowest BCUT2D eigenvalue weighted by atomic mass is 10.2. The van der Waals surface area contributed by atoms with Gasteiger partial charge in [0.05, 0.1) is 0 Å². The average molecular weight is 256 g/mol. The lowest BCUT2D eigenvalue weighted by molar-refractivity contribution is -0.144. The van der Waals surface area contributed by atoms with Gasteiger partial charge in [0.2, 0.25) is 6.10 Å². The molecule has 0 saturated carbocycles. The van der Waals surface area contributed by atoms with Crippen molar-refractivity contribution in [3.63, 3.8) is 0 Å². The minimum atomic E-state index is -0.741. The number of hydrogen-bond acceptors (Lipinski definition) is 4. The van der Waals surface area contributed by atoms with Crippen LogP contribution in [0.5, 0.6) is 17.2 Å². The zero-order valence-electron chi connectivity index (χ0n) is 10.1. The van der Waals surface area contributed by atoms with E-state index < -0.39 is 12.1 Å². The van der Waals surface area contributed by atoms with Gasteiger partial charge < -0.3 is 14.2 Å². The summed E-state index contributed by atoms with van der Waals surface area (Å²) in [5, 5.41) is 0. The first kappa shape index (κ1) is 11.6. The Labute approximate surface area is 110 Å². The van der Waals surface area contributed by atoms with Gasteiger partial charge >= 0.3 is 5.97 Å². The van der Waals surface area contributed by atoms with E-state index in [1.165, 1.54) is 0 Å². The first-order chi connectivity index (χ1) is 9.33. The number of fused-ring (bicyclic) bond motifs is 1. The van der Waals surface area contributed by atoms with Crippen LogP contribution in [-0.2, 0) is 4.79 Å². The quantitative estimate of drug-likeness (QED) is 0.611. The minimum Gasteiger partial charge on any atom is -0.485 e. The predicted molar refractivity (Wildman–Crippen MR) is 68.4 cm³/mol. The fourth-order valence-corrected chi connectivity index (χ4v) is 1.81. The Hall–Kier alpha value is -2.49. The van der Waals surface area contributed by atoms with Gasteiger partial charge in [-0.15, -0.1) is 0 Å². The van der Waals surface area contributed by atoms with Crippen molar-refractivity contribution in [3.8, 4) is 17.2 Å². The van der Waals surface area contributed by atoms with E-state index >= 15 is 0 Å². The summed E-state index contributed by atoms with van der Waals surface area (Å²) in [5.41, 5.74) is 0. The van der Waals surface area contributed by atoms with E-state index in [4.69, 9.17) is 14.2 Å². The molecule has 0 spiro atoms. The number of esters is 1. The van der Waals surface area contributed by atoms with Crippen molar-refractivity contribution in [3.05, 3.63) is 54.6 Å². The summed E-state index contributed by atoms with van der Waals surface area (Å²) in [6.07, 6.45) is -0.741. The topological polar surface area (TPSA) is 44.8 Å². The Bertz CT molecular complexity index is 580. The van der Waals surface area contributed by atoms with E-state index in [-0.39, 0.29) is 6.61 Å². The van der Waals surface area contributed by atoms with Crippen molar-refractivity contribution in [2.75, 3.05) is 6.61 Å². The number of ether oxygens (including phenoxy) is 3. The molecule has 96 valence electrons. The standard InChI is InChI=1S/C15H12O4/c16-15(18-11-6-2-1-3-7-11)14-10-17-12-8-4-5-9-13(12)19-14/h1-9,14H,10H2. The second-order valence-corrected chi connectivity index (χ2v) is 4.10. The molecule has 1 heterocycles. The number of carbonyl (C=O) groups excluding carboxylic acids is 1. The van der Waals surface area contributed by atoms with Crippen LogP contribution in [0, 0.1) is 0 Å². The van der Waals surface area contributed by atoms with E-state index in [9.17, 15) is 4.79 Å². The van der Waals surface area contributed by atoms with Crippen molar-refractivity contribution < 1.29 is 19.0 Å². The van der Waals surface area contributed by atoms with Crippen LogP contribution in [0.1, 0.15) is 0 Å². The van der Waals surface area contributed by atoms with Crippen LogP contribution in [0.3, 0.4) is 0 Å². The van der Waals surface area contributed by atoms with Gasteiger partial charge in [-0.25, -0.2) is 4.79 Å². The number of rotatable bonds is 2. The number of benzene rings is 2. The average Bonchev–Trinajstić information content (AvgIpc) is 2.48. The minimum absolute atomic E-state index is 0.155. The molecular weight excluding hydrogens is 244 g/mol. The fraction of sp³-hybridized carbons (Fsp3) is 0.133. The van der Waals surface area contributed by atoms with Crippen LogP contribution in [0.15, 0.2) is 54.6 Å². The summed E-state index contributed by atoms with van der Waals surface area (Å²) < 4.78 is 16.3. The molecule has 1 atom stereocenters. The molecule has 0 aromatic heterocycles. The van der Waals surface area contributed by atoms with Gasteiger partial charge in [-0.3, -0.25) is 0 Å². The monoisotopic (exact) mass is 256 g/mol. The Kier molecular flexibility index (Phi) is 3.06. The third-order valence-corrected chi connectivity index (χ3v) is 2.73. The van der Waals surface area contributed by atoms with Crippen LogP contribution in [0.2, 0.25) is 0 Å². The molecule has 0 fully saturated rings. The van der Waals surface area contributed by atoms with Crippen LogP contribution in [0.25, 0.3) is 0 Å². The van der Waals surface area contributed by atoms with Crippen molar-refractivity contribution in [2.24, 2.45) is 0 Å². The Morgan fingerprint density at radius 3 is 2.47 bits per heavy atom. The summed E-state index contributed by atoms with van der Waals surface area (Å²) in [5.74, 6) is 1.24. The Morgan fingerprint density at radius 1 is 1.00 bits per heavy atom. The van der Waals surface area contributed by atoms with Crippen molar-refractivity contribution in [2.45, 2.75) is 6.10 Å². The zero-order chi connectivity index (χ0) is 13.1. The van der Waals surface area contributed by atoms with Crippen LogP contribution in [-0.4, -0.2) is 18.7 Å². The Morgan fingerprint density at radius 2 is 1.68 bits per heavy atom. The first-order valence-corrected chi connectivity index (χ1v) is 5.98. The van der Waals surface area contributed by atoms with Crippen molar-refractivity contribution in [1.29, 1.82) is 0 Å². The molecule has 0 radical (unpaired) electrons. The van der Waals surface area contributed by atoms with Gasteiger partial charge in [-0.05, 0) is 24.3 Å². The smallest absolute Gasteiger partial charge is 0.356 e. The summed E-state index contributed by atoms with van der Waals surface area (Å²) in [4.78, 5) is 12.0. The molecule has 1 aliphatic heterocycles. The highest BCUT2D eigenvalue weighted by atomic mass is 16.6. The highest BCUT2D eigenvalue weighted by Gasteiger charge is 2.28. The molecule has 0 N–H and O–H groups in total. The number of carbonyl (C=O) groups is 1. The van der Waals surface area contributed by atoms with Crippen LogP contribution < -0.4 is 14.2 Å². The molecule has 4 nitrogen and oxygen atoms in total. The highest BCUT2D eigenvalue weighted by molar-refractivity contribution is 5.78. The molecule has 4 heteroatoms. The second kappa shape index (κ2) is 5.02. The Balaban J connectivity index is 1.70. The van der Waals surface area contributed by atoms with Gasteiger partial charge in [0.25, 0.3) is 0 Å². The summed E-state index contributed by atoms with van der Waals surface area (Å²) in [7, 11) is 0. The van der Waals surface area contributed by atoms with Gasteiger partial charge in [-0.2, -0.15) is 0 Å². The van der Waals surface area contributed by atoms with E-state index in [0.717, 1.165) is 0 Å². The molecule has 0 bridgehead atoms. The lowest BCUT2D eigenvalue weighted by Crippen LogP contribution is -2.39. The van der Waals surface area contributed by atoms with Gasteiger partial charge in [0.15, 0.2) is 11.5 Å². The summed E-state index contributed by atoms with van der Waals surface area (Å²) >= 11 is 0. The summed E-state index contributed by atoms with van der Waals surface area (Å²) in [6, 6.07) is 16.1. The molecule has 1 unspecified atom stereocenters. The summed E-state index contributed by atoms with van der Waals surface area (Å²) in [6.45, 7) is 0.155. The number of para-hydroxylation sites is 3. The molecule has 0 amide bonds. The third-order valence-electron chi connectivity index (χ3n) is 2.73. The molecule has 3 rings (SSSR count). The van der Waals surface area contributed by atoms with Crippen molar-refractivity contribution in [1.82, 2.24) is 0 Å². The fourth-order valence-electron chi connectivity index (χ4n) is 1.81. The molecule has 2 aromatic carbocycles. The third kappa shape index (κ3) is 2.52. The molecule has 19 heavy (non-hydrogen) atoms. The number of hydrogen-bond donors (Lipinski definition) is 0. The maximum absolute atomic E-state index is 12.0. The largest absolute Gasteiger partial charge is 0.485 e. The van der Waals surface area contributed by atoms with E-state index in [0.29, 0.717) is 17.2 Å². The van der Waals surface area contributed by atoms with Gasteiger partial charge in [0.1, 0.15) is 12.4 Å². The molecule has 1 aliphatic rings. The predicted octanol–water partition coefficient (Wildman–Crippen LogP) is 2.43. The van der Waals surface area contributed by atoms with Crippen LogP contribution in [0.4, 0.5) is 0 Å². The molecular formula is C15H12O4. The van der Waals surface area contributed by atoms with Crippen LogP contribution >= 0.6 is 0 Å². The molecule has 0 saturated heterocycles. The van der Waals surface area contributed by atoms with Gasteiger partial charge in [-0.1, -0.05) is 30.3 Å². The maximum Gasteiger partial charge on any atom is 0.356 e. The zero-order valence-corrected chi connectivity index (χ0v) is 10.1. The molecule has 2 aromatic rings. The van der Waals surface area contributed by atoms with E-state index in [1.54, 1.807) is 36.4 Å².